The van der Waals surface area contributed by atoms with Crippen molar-refractivity contribution >= 4 is 11.9 Å². The van der Waals surface area contributed by atoms with E-state index in [2.05, 4.69) is 10.1 Å². The number of ether oxygens (including phenoxy) is 1. The summed E-state index contributed by atoms with van der Waals surface area (Å²) in [6.07, 6.45) is 3.36. The summed E-state index contributed by atoms with van der Waals surface area (Å²) in [6.45, 7) is 5.49. The van der Waals surface area contributed by atoms with Crippen molar-refractivity contribution in [2.45, 2.75) is 26.7 Å². The standard InChI is InChI=1S/C13H24N2O3/c1-5-8-14-12(16)10-15(3)9-7-11(6-2)13(17)18-4/h7H,5-6,8-10H2,1-4H3,(H,14,16). The summed E-state index contributed by atoms with van der Waals surface area (Å²) in [4.78, 5) is 24.6. The van der Waals surface area contributed by atoms with Gasteiger partial charge in [-0.05, 0) is 19.9 Å². The number of amides is 1. The fraction of sp³-hybridized carbons (Fsp3) is 0.692. The molecule has 5 nitrogen and oxygen atoms in total. The predicted molar refractivity (Wildman–Crippen MR) is 71.2 cm³/mol. The second-order valence-electron chi connectivity index (χ2n) is 4.12. The summed E-state index contributed by atoms with van der Waals surface area (Å²) in [7, 11) is 3.21. The van der Waals surface area contributed by atoms with Gasteiger partial charge in [-0.2, -0.15) is 0 Å². The van der Waals surface area contributed by atoms with E-state index in [0.29, 0.717) is 31.6 Å². The van der Waals surface area contributed by atoms with Crippen molar-refractivity contribution in [1.82, 2.24) is 10.2 Å². The van der Waals surface area contributed by atoms with Crippen molar-refractivity contribution < 1.29 is 14.3 Å². The number of carbonyl (C=O) groups is 2. The molecule has 0 aliphatic carbocycles. The Bertz CT molecular complexity index is 301. The zero-order valence-corrected chi connectivity index (χ0v) is 11.8. The molecule has 0 radical (unpaired) electrons. The van der Waals surface area contributed by atoms with E-state index in [1.807, 2.05) is 25.8 Å². The molecular formula is C13H24N2O3. The van der Waals surface area contributed by atoms with Gasteiger partial charge in [0.1, 0.15) is 0 Å². The van der Waals surface area contributed by atoms with Gasteiger partial charge in [0.25, 0.3) is 0 Å². The summed E-state index contributed by atoms with van der Waals surface area (Å²) < 4.78 is 4.66. The normalized spacial score (nSPS) is 11.5. The van der Waals surface area contributed by atoms with Gasteiger partial charge in [-0.3, -0.25) is 9.69 Å². The molecule has 0 aliphatic heterocycles. The zero-order valence-electron chi connectivity index (χ0n) is 11.8. The number of hydrogen-bond acceptors (Lipinski definition) is 4. The summed E-state index contributed by atoms with van der Waals surface area (Å²) in [5.74, 6) is -0.301. The van der Waals surface area contributed by atoms with Gasteiger partial charge in [-0.1, -0.05) is 19.9 Å². The third kappa shape index (κ3) is 7.06. The highest BCUT2D eigenvalue weighted by molar-refractivity contribution is 5.88. The molecule has 0 aliphatic rings. The molecule has 5 heteroatoms. The van der Waals surface area contributed by atoms with Crippen LogP contribution in [-0.4, -0.2) is 50.6 Å². The van der Waals surface area contributed by atoms with Gasteiger partial charge < -0.3 is 10.1 Å². The summed E-state index contributed by atoms with van der Waals surface area (Å²) in [5.41, 5.74) is 0.637. The largest absolute Gasteiger partial charge is 0.466 e. The molecule has 0 aromatic rings. The second-order valence-corrected chi connectivity index (χ2v) is 4.12. The van der Waals surface area contributed by atoms with Crippen LogP contribution in [0, 0.1) is 0 Å². The minimum absolute atomic E-state index is 0.00358. The molecule has 1 amide bonds. The molecule has 0 saturated heterocycles. The molecule has 0 unspecified atom stereocenters. The van der Waals surface area contributed by atoms with Crippen LogP contribution in [0.2, 0.25) is 0 Å². The average molecular weight is 256 g/mol. The van der Waals surface area contributed by atoms with Crippen LogP contribution < -0.4 is 5.32 Å². The Kier molecular flexibility index (Phi) is 8.92. The van der Waals surface area contributed by atoms with Crippen molar-refractivity contribution in [2.24, 2.45) is 0 Å². The molecule has 104 valence electrons. The van der Waals surface area contributed by atoms with E-state index in [1.165, 1.54) is 7.11 Å². The summed E-state index contributed by atoms with van der Waals surface area (Å²) in [6, 6.07) is 0. The molecule has 0 heterocycles. The molecule has 0 aromatic heterocycles. The maximum Gasteiger partial charge on any atom is 0.333 e. The van der Waals surface area contributed by atoms with E-state index in [9.17, 15) is 9.59 Å². The van der Waals surface area contributed by atoms with Crippen molar-refractivity contribution in [3.8, 4) is 0 Å². The molecule has 0 spiro atoms. The highest BCUT2D eigenvalue weighted by Gasteiger charge is 2.08. The van der Waals surface area contributed by atoms with Crippen LogP contribution in [0.3, 0.4) is 0 Å². The monoisotopic (exact) mass is 256 g/mol. The lowest BCUT2D eigenvalue weighted by Crippen LogP contribution is -2.35. The van der Waals surface area contributed by atoms with Crippen LogP contribution in [0.5, 0.6) is 0 Å². The Hall–Kier alpha value is -1.36. The van der Waals surface area contributed by atoms with Gasteiger partial charge in [-0.25, -0.2) is 4.79 Å². The maximum atomic E-state index is 11.5. The molecular weight excluding hydrogens is 232 g/mol. The third-order valence-corrected chi connectivity index (χ3v) is 2.46. The van der Waals surface area contributed by atoms with Crippen LogP contribution in [0.15, 0.2) is 11.6 Å². The second kappa shape index (κ2) is 9.65. The van der Waals surface area contributed by atoms with Gasteiger partial charge in [0.15, 0.2) is 0 Å². The topological polar surface area (TPSA) is 58.6 Å². The van der Waals surface area contributed by atoms with Gasteiger partial charge in [0, 0.05) is 18.7 Å². The summed E-state index contributed by atoms with van der Waals surface area (Å²) in [5, 5.41) is 2.81. The lowest BCUT2D eigenvalue weighted by atomic mass is 10.2. The number of methoxy groups -OCH3 is 1. The van der Waals surface area contributed by atoms with Crippen LogP contribution in [0.25, 0.3) is 0 Å². The minimum atomic E-state index is -0.304. The Balaban J connectivity index is 4.14. The van der Waals surface area contributed by atoms with Crippen LogP contribution in [0.1, 0.15) is 26.7 Å². The molecule has 0 fully saturated rings. The Labute approximate surface area is 109 Å². The van der Waals surface area contributed by atoms with Gasteiger partial charge in [-0.15, -0.1) is 0 Å². The van der Waals surface area contributed by atoms with Crippen LogP contribution in [0.4, 0.5) is 0 Å². The van der Waals surface area contributed by atoms with E-state index in [0.717, 1.165) is 6.42 Å². The highest BCUT2D eigenvalue weighted by atomic mass is 16.5. The maximum absolute atomic E-state index is 11.5. The molecule has 0 bridgehead atoms. The van der Waals surface area contributed by atoms with Crippen LogP contribution >= 0.6 is 0 Å². The smallest absolute Gasteiger partial charge is 0.333 e. The van der Waals surface area contributed by atoms with E-state index in [1.54, 1.807) is 6.08 Å². The number of hydrogen-bond donors (Lipinski definition) is 1. The van der Waals surface area contributed by atoms with Crippen molar-refractivity contribution in [3.05, 3.63) is 11.6 Å². The SMILES string of the molecule is CCCNC(=O)CN(C)CC=C(CC)C(=O)OC. The molecule has 0 saturated carbocycles. The van der Waals surface area contributed by atoms with E-state index >= 15 is 0 Å². The predicted octanol–water partition coefficient (Wildman–Crippen LogP) is 0.954. The van der Waals surface area contributed by atoms with Gasteiger partial charge >= 0.3 is 5.97 Å². The highest BCUT2D eigenvalue weighted by Crippen LogP contribution is 2.03. The minimum Gasteiger partial charge on any atom is -0.466 e. The van der Waals surface area contributed by atoms with Crippen LogP contribution in [-0.2, 0) is 14.3 Å². The molecule has 0 atom stereocenters. The Morgan fingerprint density at radius 3 is 2.50 bits per heavy atom. The Morgan fingerprint density at radius 1 is 1.33 bits per heavy atom. The third-order valence-electron chi connectivity index (χ3n) is 2.46. The number of likely N-dealkylation sites (N-methyl/N-ethyl adjacent to an activating group) is 1. The lowest BCUT2D eigenvalue weighted by molar-refractivity contribution is -0.136. The number of rotatable bonds is 8. The van der Waals surface area contributed by atoms with E-state index < -0.39 is 0 Å². The fourth-order valence-electron chi connectivity index (χ4n) is 1.40. The first-order chi connectivity index (χ1) is 8.54. The van der Waals surface area contributed by atoms with E-state index in [4.69, 9.17) is 0 Å². The average Bonchev–Trinajstić information content (AvgIpc) is 2.36. The lowest BCUT2D eigenvalue weighted by Gasteiger charge is -2.14. The first-order valence-corrected chi connectivity index (χ1v) is 6.27. The van der Waals surface area contributed by atoms with E-state index in [-0.39, 0.29) is 11.9 Å². The number of esters is 1. The first-order valence-electron chi connectivity index (χ1n) is 6.27. The first kappa shape index (κ1) is 16.6. The summed E-state index contributed by atoms with van der Waals surface area (Å²) >= 11 is 0. The van der Waals surface area contributed by atoms with Gasteiger partial charge in [0.05, 0.1) is 13.7 Å². The van der Waals surface area contributed by atoms with Crippen molar-refractivity contribution in [1.29, 1.82) is 0 Å². The van der Waals surface area contributed by atoms with Crippen molar-refractivity contribution in [3.63, 3.8) is 0 Å². The quantitative estimate of drug-likeness (QED) is 0.519. The molecule has 1 N–H and O–H groups in total. The molecule has 18 heavy (non-hydrogen) atoms. The fourth-order valence-corrected chi connectivity index (χ4v) is 1.40. The molecule has 0 rings (SSSR count). The number of nitrogens with one attached hydrogen (secondary N) is 1. The zero-order chi connectivity index (χ0) is 14.0. The van der Waals surface area contributed by atoms with Gasteiger partial charge in [0.2, 0.25) is 5.91 Å². The number of carbonyl (C=O) groups excluding carboxylic acids is 2. The molecule has 0 aromatic carbocycles. The number of nitrogens with zero attached hydrogens (tertiary/aromatic N) is 1. The van der Waals surface area contributed by atoms with Crippen molar-refractivity contribution in [2.75, 3.05) is 33.8 Å². The Morgan fingerprint density at radius 2 is 2.00 bits per heavy atom.